The van der Waals surface area contributed by atoms with Crippen molar-refractivity contribution in [2.45, 2.75) is 0 Å². The van der Waals surface area contributed by atoms with Crippen LogP contribution in [-0.2, 0) is 0 Å². The molecule has 0 amide bonds. The van der Waals surface area contributed by atoms with Gasteiger partial charge in [-0.3, -0.25) is 0 Å². The van der Waals surface area contributed by atoms with Gasteiger partial charge in [-0.1, -0.05) is 212 Å². The van der Waals surface area contributed by atoms with E-state index in [9.17, 15) is 0 Å². The number of hydrogen-bond donors (Lipinski definition) is 0. The smallest absolute Gasteiger partial charge is 0.230 e. The molecule has 0 saturated heterocycles. The summed E-state index contributed by atoms with van der Waals surface area (Å²) in [4.78, 5) is 0. The lowest BCUT2D eigenvalue weighted by Crippen LogP contribution is -2.66. The van der Waals surface area contributed by atoms with Gasteiger partial charge in [-0.05, 0) is 80.3 Å². The zero-order valence-corrected chi connectivity index (χ0v) is 37.5. The van der Waals surface area contributed by atoms with Gasteiger partial charge in [-0.25, -0.2) is 0 Å². The van der Waals surface area contributed by atoms with Crippen molar-refractivity contribution in [3.05, 3.63) is 254 Å². The first-order valence-electron chi connectivity index (χ1n) is 22.9. The van der Waals surface area contributed by atoms with Gasteiger partial charge in [0.25, 0.3) is 0 Å². The number of benzene rings is 11. The molecule has 0 radical (unpaired) electrons. The molecule has 0 fully saturated rings. The Bertz CT molecular complexity index is 3890. The first-order chi connectivity index (χ1) is 33.2. The Balaban J connectivity index is 1.10. The van der Waals surface area contributed by atoms with E-state index in [1.54, 1.807) is 0 Å². The van der Waals surface area contributed by atoms with Crippen LogP contribution < -0.4 is 15.6 Å². The number of hydrogen-bond acceptors (Lipinski definition) is 1. The summed E-state index contributed by atoms with van der Waals surface area (Å²) in [6, 6.07) is 90.2. The van der Waals surface area contributed by atoms with E-state index in [0.29, 0.717) is 0 Å². The van der Waals surface area contributed by atoms with Gasteiger partial charge in [0, 0.05) is 48.7 Å². The molecule has 11 aromatic carbocycles. The molecule has 0 N–H and O–H groups in total. The molecule has 0 bridgehead atoms. The van der Waals surface area contributed by atoms with Gasteiger partial charge in [0.1, 0.15) is 11.2 Å². The standard InChI is InChI=1S/C64H41NOSi/c1-5-19-44(20-6-1)46-33-36-60-57(41-46)58-42-47(45-21-7-2-8-22-45)34-37-61(58)65(60)64-55-30-15-13-27-51(55)53(52-28-14-16-31-56(52)64)39-40-67(48-23-9-3-10-24-48,49-25-11-4-12-26-49)50-35-38-63-59(43-50)54-29-17-18-32-62(54)66-63/h1-38,41-43H. The second-order valence-corrected chi connectivity index (χ2v) is 20.9. The van der Waals surface area contributed by atoms with Gasteiger partial charge in [0.15, 0.2) is 0 Å². The first-order valence-corrected chi connectivity index (χ1v) is 24.9. The van der Waals surface area contributed by atoms with E-state index >= 15 is 0 Å². The molecule has 13 aromatic rings. The lowest BCUT2D eigenvalue weighted by Gasteiger charge is -2.28. The molecule has 0 aliphatic heterocycles. The van der Waals surface area contributed by atoms with Gasteiger partial charge in [-0.2, -0.15) is 0 Å². The maximum atomic E-state index is 6.38. The van der Waals surface area contributed by atoms with Crippen molar-refractivity contribution in [1.82, 2.24) is 4.57 Å². The quantitative estimate of drug-likeness (QED) is 0.0705. The summed E-state index contributed by atoms with van der Waals surface area (Å²) in [5.41, 5.74) is 15.3. The van der Waals surface area contributed by atoms with Crippen molar-refractivity contribution in [3.8, 4) is 39.4 Å². The van der Waals surface area contributed by atoms with Crippen LogP contribution in [0, 0.1) is 11.5 Å². The zero-order valence-electron chi connectivity index (χ0n) is 36.5. The molecule has 2 nitrogen and oxygen atoms in total. The molecular formula is C64H41NOSi. The molecule has 3 heteroatoms. The second-order valence-electron chi connectivity index (χ2n) is 17.4. The summed E-state index contributed by atoms with van der Waals surface area (Å²) >= 11 is 0. The summed E-state index contributed by atoms with van der Waals surface area (Å²) < 4.78 is 8.89. The number of para-hydroxylation sites is 1. The lowest BCUT2D eigenvalue weighted by atomic mass is 9.94. The highest BCUT2D eigenvalue weighted by Crippen LogP contribution is 2.42. The van der Waals surface area contributed by atoms with Crippen LogP contribution in [-0.4, -0.2) is 12.6 Å². The summed E-state index contributed by atoms with van der Waals surface area (Å²) in [6.07, 6.45) is 0. The average Bonchev–Trinajstić information content (AvgIpc) is 3.94. The minimum absolute atomic E-state index is 0.882. The van der Waals surface area contributed by atoms with E-state index in [4.69, 9.17) is 4.42 Å². The number of nitrogens with zero attached hydrogens (tertiary/aromatic N) is 1. The number of aromatic nitrogens is 1. The maximum absolute atomic E-state index is 6.38. The van der Waals surface area contributed by atoms with Gasteiger partial charge < -0.3 is 8.98 Å². The fourth-order valence-corrected chi connectivity index (χ4v) is 14.4. The van der Waals surface area contributed by atoms with E-state index in [0.717, 1.165) is 65.8 Å². The number of furan rings is 1. The molecule has 2 aromatic heterocycles. The molecule has 0 aliphatic rings. The highest BCUT2D eigenvalue weighted by atomic mass is 28.3. The molecular weight excluding hydrogens is 827 g/mol. The summed E-state index contributed by atoms with van der Waals surface area (Å²) in [7, 11) is -3.07. The van der Waals surface area contributed by atoms with Gasteiger partial charge in [-0.15, -0.1) is 5.54 Å². The normalized spacial score (nSPS) is 11.8. The Hall–Kier alpha value is -8.68. The summed E-state index contributed by atoms with van der Waals surface area (Å²) in [5, 5.41) is 12.9. The van der Waals surface area contributed by atoms with Gasteiger partial charge in [0.2, 0.25) is 8.07 Å². The predicted octanol–water partition coefficient (Wildman–Crippen LogP) is 14.4. The van der Waals surface area contributed by atoms with Crippen LogP contribution in [0.1, 0.15) is 5.56 Å². The lowest BCUT2D eigenvalue weighted by molar-refractivity contribution is 0.669. The Morgan fingerprint density at radius 3 is 1.30 bits per heavy atom. The minimum Gasteiger partial charge on any atom is -0.456 e. The van der Waals surface area contributed by atoms with Crippen molar-refractivity contribution in [1.29, 1.82) is 0 Å². The Morgan fingerprint density at radius 2 is 0.761 bits per heavy atom. The van der Waals surface area contributed by atoms with E-state index in [-0.39, 0.29) is 0 Å². The van der Waals surface area contributed by atoms with Crippen LogP contribution in [0.25, 0.3) is 93.2 Å². The van der Waals surface area contributed by atoms with Crippen LogP contribution >= 0.6 is 0 Å². The Morgan fingerprint density at radius 1 is 0.313 bits per heavy atom. The number of rotatable bonds is 6. The summed E-state index contributed by atoms with van der Waals surface area (Å²) in [6.45, 7) is 0. The van der Waals surface area contributed by atoms with Crippen LogP contribution in [0.5, 0.6) is 0 Å². The van der Waals surface area contributed by atoms with Crippen LogP contribution in [0.3, 0.4) is 0 Å². The predicted molar refractivity (Wildman–Crippen MR) is 285 cm³/mol. The molecule has 67 heavy (non-hydrogen) atoms. The van der Waals surface area contributed by atoms with Crippen molar-refractivity contribution in [2.24, 2.45) is 0 Å². The molecule has 0 aliphatic carbocycles. The average molecular weight is 868 g/mol. The molecule has 0 saturated carbocycles. The monoisotopic (exact) mass is 867 g/mol. The fourth-order valence-electron chi connectivity index (χ4n) is 10.6. The topological polar surface area (TPSA) is 18.1 Å². The van der Waals surface area contributed by atoms with Crippen LogP contribution in [0.4, 0.5) is 0 Å². The molecule has 0 spiro atoms. The van der Waals surface area contributed by atoms with E-state index < -0.39 is 8.07 Å². The third-order valence-electron chi connectivity index (χ3n) is 13.7. The molecule has 2 heterocycles. The van der Waals surface area contributed by atoms with Gasteiger partial charge >= 0.3 is 0 Å². The molecule has 312 valence electrons. The van der Waals surface area contributed by atoms with Crippen molar-refractivity contribution in [2.75, 3.05) is 0 Å². The minimum atomic E-state index is -3.07. The van der Waals surface area contributed by atoms with Crippen molar-refractivity contribution < 1.29 is 4.42 Å². The largest absolute Gasteiger partial charge is 0.456 e. The van der Waals surface area contributed by atoms with Crippen LogP contribution in [0.15, 0.2) is 253 Å². The number of fused-ring (bicyclic) bond motifs is 8. The van der Waals surface area contributed by atoms with Crippen molar-refractivity contribution >= 4 is 88.9 Å². The molecule has 13 rings (SSSR count). The highest BCUT2D eigenvalue weighted by Gasteiger charge is 2.39. The third kappa shape index (κ3) is 6.26. The SMILES string of the molecule is C(#C[Si](c1ccccc1)(c1ccccc1)c1ccc2oc3ccccc3c2c1)c1c2ccccc2c(-n2c3ccc(-c4ccccc4)cc3c3cc(-c4ccccc4)ccc32)c2ccccc12. The van der Waals surface area contributed by atoms with E-state index in [1.165, 1.54) is 48.6 Å². The highest BCUT2D eigenvalue weighted by molar-refractivity contribution is 7.17. The third-order valence-corrected chi connectivity index (χ3v) is 17.8. The Kier molecular flexibility index (Phi) is 9.13. The van der Waals surface area contributed by atoms with Gasteiger partial charge in [0.05, 0.1) is 16.7 Å². The molecule has 0 unspecified atom stereocenters. The molecule has 0 atom stereocenters. The fraction of sp³-hybridized carbons (Fsp3) is 0. The Labute approximate surface area is 389 Å². The maximum Gasteiger partial charge on any atom is 0.230 e. The second kappa shape index (κ2) is 15.8. The first kappa shape index (κ1) is 38.7. The zero-order chi connectivity index (χ0) is 44.3. The van der Waals surface area contributed by atoms with E-state index in [1.807, 2.05) is 6.07 Å². The van der Waals surface area contributed by atoms with Crippen molar-refractivity contribution in [3.63, 3.8) is 0 Å². The van der Waals surface area contributed by atoms with E-state index in [2.05, 4.69) is 259 Å². The summed E-state index contributed by atoms with van der Waals surface area (Å²) in [5.74, 6) is 4.02. The van der Waals surface area contributed by atoms with Crippen LogP contribution in [0.2, 0.25) is 0 Å².